The third-order valence-electron chi connectivity index (χ3n) is 6.45. The topological polar surface area (TPSA) is 0 Å². The Morgan fingerprint density at radius 3 is 0.902 bits per heavy atom. The second kappa shape index (κ2) is 22.2. The molecule has 0 aromatic carbocycles. The Morgan fingerprint density at radius 1 is 0.373 bits per heavy atom. The quantitative estimate of drug-likeness (QED) is 0.115. The molecule has 9 heterocycles. The summed E-state index contributed by atoms with van der Waals surface area (Å²) < 4.78 is 2.36. The zero-order valence-corrected chi connectivity index (χ0v) is 38.7. The third kappa shape index (κ3) is 12.0. The SMILES string of the molecule is Brc1ccc(-c2ccc(-c3ccc(Br)s3)s2)s1.C.C.[Br-].[Mg+2].[c-]1cccs1.c1csc(-c2ccc(-c3ccc(-c4ccc(-c5cccs5)s4)s3)s2)c1. The molecule has 9 aromatic rings. The van der Waals surface area contributed by atoms with Crippen molar-refractivity contribution in [3.05, 3.63) is 138 Å². The Balaban J connectivity index is 0.000000236. The van der Waals surface area contributed by atoms with Crippen LogP contribution in [0, 0.1) is 5.38 Å². The molecule has 0 saturated heterocycles. The van der Waals surface area contributed by atoms with E-state index in [1.807, 2.05) is 62.9 Å². The molecule has 13 heteroatoms. The standard InChI is InChI=1S/C20H12S5.C12H6Br2S3.C4H3S.2CH4.BrH.Mg/c1-3-13(21-11-1)15-5-7-17(23-15)19-9-10-20(25-19)18-8-6-16(24-18)14-4-2-12-22-14;13-11-5-3-9(16-11)7-1-2-8(15-7)10-4-6-12(14)17-10;1-2-4-5-3-1;;;;/h1-12H;1-6H;1-3H;2*1H4;1H;/q;;-1;;;;+2/p-1. The van der Waals surface area contributed by atoms with Crippen LogP contribution < -0.4 is 17.0 Å². The number of rotatable bonds is 6. The van der Waals surface area contributed by atoms with Gasteiger partial charge < -0.3 is 28.3 Å². The van der Waals surface area contributed by atoms with Gasteiger partial charge in [0.1, 0.15) is 0 Å². The Bertz CT molecular complexity index is 2080. The van der Waals surface area contributed by atoms with Gasteiger partial charge in [0.05, 0.1) is 7.57 Å². The van der Waals surface area contributed by atoms with E-state index in [-0.39, 0.29) is 54.9 Å². The number of hydrogen-bond donors (Lipinski definition) is 0. The van der Waals surface area contributed by atoms with Gasteiger partial charge in [-0.2, -0.15) is 11.4 Å². The second-order valence-corrected chi connectivity index (χ2v) is 21.4. The predicted octanol–water partition coefficient (Wildman–Crippen LogP) is 14.8. The van der Waals surface area contributed by atoms with E-state index in [1.54, 1.807) is 56.7 Å². The molecule has 0 aliphatic carbocycles. The molecule has 0 unspecified atom stereocenters. The molecule has 0 fully saturated rings. The Labute approximate surface area is 380 Å². The molecule has 9 aromatic heterocycles. The summed E-state index contributed by atoms with van der Waals surface area (Å²) in [6, 6.07) is 38.9. The van der Waals surface area contributed by atoms with Gasteiger partial charge in [-0.15, -0.1) is 96.1 Å². The van der Waals surface area contributed by atoms with E-state index in [4.69, 9.17) is 0 Å². The molecular formula is C38H29Br3MgS9. The van der Waals surface area contributed by atoms with Crippen LogP contribution in [0.5, 0.6) is 0 Å². The number of thiophene rings is 9. The van der Waals surface area contributed by atoms with Crippen LogP contribution in [0.2, 0.25) is 0 Å². The number of halogens is 3. The van der Waals surface area contributed by atoms with Crippen LogP contribution in [0.3, 0.4) is 0 Å². The van der Waals surface area contributed by atoms with Crippen LogP contribution in [-0.4, -0.2) is 23.1 Å². The molecule has 0 aliphatic rings. The maximum Gasteiger partial charge on any atom is 2.00 e. The minimum absolute atomic E-state index is 0. The smallest absolute Gasteiger partial charge is 1.00 e. The van der Waals surface area contributed by atoms with Gasteiger partial charge >= 0.3 is 23.1 Å². The van der Waals surface area contributed by atoms with Crippen molar-refractivity contribution in [3.8, 4) is 58.5 Å². The van der Waals surface area contributed by atoms with Gasteiger partial charge in [-0.05, 0) is 128 Å². The summed E-state index contributed by atoms with van der Waals surface area (Å²) in [5.74, 6) is 0. The molecule has 0 N–H and O–H groups in total. The van der Waals surface area contributed by atoms with Crippen LogP contribution in [0.15, 0.2) is 133 Å². The first kappa shape index (κ1) is 44.9. The van der Waals surface area contributed by atoms with E-state index >= 15 is 0 Å². The average molecular weight is 1040 g/mol. The van der Waals surface area contributed by atoms with Crippen molar-refractivity contribution in [2.45, 2.75) is 14.9 Å². The van der Waals surface area contributed by atoms with Crippen molar-refractivity contribution in [1.82, 2.24) is 0 Å². The van der Waals surface area contributed by atoms with E-state index in [1.165, 1.54) is 66.1 Å². The van der Waals surface area contributed by atoms with Crippen LogP contribution >= 0.6 is 134 Å². The number of hydrogen-bond acceptors (Lipinski definition) is 9. The molecule has 0 atom stereocenters. The first-order valence-corrected chi connectivity index (χ1v) is 23.1. The molecule has 0 aliphatic heterocycles. The Hall–Kier alpha value is -0.494. The average Bonchev–Trinajstić information content (AvgIpc) is 3.95. The first-order valence-electron chi connectivity index (χ1n) is 14.0. The summed E-state index contributed by atoms with van der Waals surface area (Å²) in [6.07, 6.45) is 0. The summed E-state index contributed by atoms with van der Waals surface area (Å²) in [7, 11) is 0. The molecule has 51 heavy (non-hydrogen) atoms. The van der Waals surface area contributed by atoms with E-state index in [0.717, 1.165) is 0 Å². The van der Waals surface area contributed by atoms with Crippen molar-refractivity contribution < 1.29 is 17.0 Å². The van der Waals surface area contributed by atoms with Crippen LogP contribution in [0.1, 0.15) is 14.9 Å². The molecule has 0 saturated carbocycles. The Kier molecular flexibility index (Phi) is 19.5. The van der Waals surface area contributed by atoms with Crippen molar-refractivity contribution in [3.63, 3.8) is 0 Å². The predicted molar refractivity (Wildman–Crippen MR) is 246 cm³/mol. The summed E-state index contributed by atoms with van der Waals surface area (Å²) >= 11 is 23.3. The van der Waals surface area contributed by atoms with Crippen LogP contribution in [-0.2, 0) is 0 Å². The second-order valence-electron chi connectivity index (χ2n) is 9.55. The van der Waals surface area contributed by atoms with Gasteiger partial charge in [-0.3, -0.25) is 0 Å². The van der Waals surface area contributed by atoms with Gasteiger partial charge in [-0.25, -0.2) is 6.07 Å². The van der Waals surface area contributed by atoms with E-state index in [9.17, 15) is 0 Å². The Morgan fingerprint density at radius 2 is 0.686 bits per heavy atom. The molecule has 0 radical (unpaired) electrons. The third-order valence-corrected chi connectivity index (χ3v) is 17.5. The van der Waals surface area contributed by atoms with Crippen LogP contribution in [0.4, 0.5) is 0 Å². The summed E-state index contributed by atoms with van der Waals surface area (Å²) in [5, 5.41) is 9.17. The van der Waals surface area contributed by atoms with E-state index in [0.29, 0.717) is 0 Å². The molecule has 0 amide bonds. The maximum atomic E-state index is 3.50. The van der Waals surface area contributed by atoms with Gasteiger partial charge in [0.15, 0.2) is 0 Å². The maximum absolute atomic E-state index is 3.50. The van der Waals surface area contributed by atoms with Gasteiger partial charge in [0.25, 0.3) is 0 Å². The van der Waals surface area contributed by atoms with Crippen molar-refractivity contribution >= 4 is 157 Å². The van der Waals surface area contributed by atoms with Gasteiger partial charge in [0, 0.05) is 58.5 Å². The largest absolute Gasteiger partial charge is 2.00 e. The summed E-state index contributed by atoms with van der Waals surface area (Å²) in [5.41, 5.74) is 0. The van der Waals surface area contributed by atoms with Crippen molar-refractivity contribution in [2.24, 2.45) is 0 Å². The normalized spacial score (nSPS) is 9.92. The molecule has 258 valence electrons. The summed E-state index contributed by atoms with van der Waals surface area (Å²) in [6.45, 7) is 0. The van der Waals surface area contributed by atoms with Crippen molar-refractivity contribution in [1.29, 1.82) is 0 Å². The molecule has 9 rings (SSSR count). The molecule has 0 nitrogen and oxygen atoms in total. The molecular weight excluding hydrogens is 1010 g/mol. The zero-order valence-electron chi connectivity index (χ0n) is 25.1. The minimum atomic E-state index is 0. The fourth-order valence-corrected chi connectivity index (χ4v) is 13.6. The monoisotopic (exact) mass is 1030 g/mol. The van der Waals surface area contributed by atoms with E-state index < -0.39 is 0 Å². The minimum Gasteiger partial charge on any atom is -1.00 e. The molecule has 0 spiro atoms. The summed E-state index contributed by atoms with van der Waals surface area (Å²) in [4.78, 5) is 16.2. The fourth-order valence-electron chi connectivity index (χ4n) is 4.34. The van der Waals surface area contributed by atoms with Crippen LogP contribution in [0.25, 0.3) is 58.5 Å². The van der Waals surface area contributed by atoms with Gasteiger partial charge in [0.2, 0.25) is 0 Å². The van der Waals surface area contributed by atoms with E-state index in [2.05, 4.69) is 145 Å². The zero-order chi connectivity index (χ0) is 32.0. The fraction of sp³-hybridized carbons (Fsp3) is 0.0526. The first-order chi connectivity index (χ1) is 23.1. The van der Waals surface area contributed by atoms with Gasteiger partial charge in [-0.1, -0.05) is 27.0 Å². The van der Waals surface area contributed by atoms with Crippen molar-refractivity contribution in [2.75, 3.05) is 0 Å². The molecule has 0 bridgehead atoms.